The Bertz CT molecular complexity index is 227. The van der Waals surface area contributed by atoms with Gasteiger partial charge in [-0.15, -0.1) is 0 Å². The fraction of sp³-hybridized carbons (Fsp3) is 1.00. The quantitative estimate of drug-likeness (QED) is 0.708. The molecule has 2 fully saturated rings. The van der Waals surface area contributed by atoms with Crippen LogP contribution in [0.3, 0.4) is 0 Å². The van der Waals surface area contributed by atoms with Crippen LogP contribution in [-0.4, -0.2) is 29.9 Å². The average molecular weight is 288 g/mol. The van der Waals surface area contributed by atoms with Crippen LogP contribution < -0.4 is 0 Å². The number of likely N-dealkylation sites (tertiary alicyclic amines) is 1. The van der Waals surface area contributed by atoms with Gasteiger partial charge in [-0.1, -0.05) is 36.2 Å². The van der Waals surface area contributed by atoms with E-state index in [-0.39, 0.29) is 0 Å². The molecule has 0 spiro atoms. The minimum atomic E-state index is 0.579. The summed E-state index contributed by atoms with van der Waals surface area (Å²) in [4.78, 5) is 2.73. The molecule has 1 heterocycles. The second-order valence-electron chi connectivity index (χ2n) is 6.78. The molecule has 1 nitrogen and oxygen atoms in total. The van der Waals surface area contributed by atoms with Crippen molar-refractivity contribution in [2.45, 2.75) is 52.4 Å². The van der Waals surface area contributed by atoms with Crippen molar-refractivity contribution in [3.05, 3.63) is 0 Å². The minimum absolute atomic E-state index is 0.579. The number of hydrogen-bond acceptors (Lipinski definition) is 1. The van der Waals surface area contributed by atoms with Crippen molar-refractivity contribution >= 4 is 15.9 Å². The molecule has 0 aromatic rings. The Morgan fingerprint density at radius 2 is 1.75 bits per heavy atom. The number of hydrogen-bond donors (Lipinski definition) is 0. The van der Waals surface area contributed by atoms with E-state index in [1.54, 1.807) is 0 Å². The summed E-state index contributed by atoms with van der Waals surface area (Å²) in [6, 6.07) is 0. The van der Waals surface area contributed by atoms with Crippen molar-refractivity contribution in [3.8, 4) is 0 Å². The van der Waals surface area contributed by atoms with Crippen molar-refractivity contribution in [2.24, 2.45) is 10.8 Å². The molecule has 0 atom stereocenters. The summed E-state index contributed by atoms with van der Waals surface area (Å²) in [6.45, 7) is 8.86. The highest BCUT2D eigenvalue weighted by Crippen LogP contribution is 2.43. The van der Waals surface area contributed by atoms with Gasteiger partial charge in [0.1, 0.15) is 0 Å². The Hall–Kier alpha value is 0.440. The fourth-order valence-corrected chi connectivity index (χ4v) is 3.86. The molecule has 0 bridgehead atoms. The second-order valence-corrected chi connectivity index (χ2v) is 7.34. The molecule has 2 rings (SSSR count). The lowest BCUT2D eigenvalue weighted by molar-refractivity contribution is 0.0914. The molecule has 94 valence electrons. The third-order valence-electron chi connectivity index (χ3n) is 4.69. The van der Waals surface area contributed by atoms with Crippen LogP contribution in [-0.2, 0) is 0 Å². The van der Waals surface area contributed by atoms with Gasteiger partial charge in [0, 0.05) is 11.9 Å². The van der Waals surface area contributed by atoms with E-state index >= 15 is 0 Å². The van der Waals surface area contributed by atoms with E-state index in [4.69, 9.17) is 0 Å². The smallest absolute Gasteiger partial charge is 0.0100 e. The van der Waals surface area contributed by atoms with Gasteiger partial charge in [-0.3, -0.25) is 0 Å². The molecule has 0 unspecified atom stereocenters. The maximum atomic E-state index is 3.73. The lowest BCUT2D eigenvalue weighted by Gasteiger charge is -2.44. The SMILES string of the molecule is CC1(C)CCCN(CC2(CBr)CCC2)CC1. The van der Waals surface area contributed by atoms with Crippen molar-refractivity contribution in [1.82, 2.24) is 4.90 Å². The summed E-state index contributed by atoms with van der Waals surface area (Å²) >= 11 is 3.73. The molecule has 1 saturated carbocycles. The zero-order valence-corrected chi connectivity index (χ0v) is 12.5. The van der Waals surface area contributed by atoms with Gasteiger partial charge >= 0.3 is 0 Å². The van der Waals surface area contributed by atoms with Crippen LogP contribution in [0.1, 0.15) is 52.4 Å². The van der Waals surface area contributed by atoms with Crippen molar-refractivity contribution in [2.75, 3.05) is 25.0 Å². The molecule has 16 heavy (non-hydrogen) atoms. The van der Waals surface area contributed by atoms with Crippen molar-refractivity contribution < 1.29 is 0 Å². The largest absolute Gasteiger partial charge is 0.303 e. The minimum Gasteiger partial charge on any atom is -0.303 e. The zero-order valence-electron chi connectivity index (χ0n) is 10.9. The molecule has 0 aromatic heterocycles. The Morgan fingerprint density at radius 1 is 1.00 bits per heavy atom. The van der Waals surface area contributed by atoms with Crippen LogP contribution in [0.25, 0.3) is 0 Å². The van der Waals surface area contributed by atoms with Gasteiger partial charge in [0.25, 0.3) is 0 Å². The highest BCUT2D eigenvalue weighted by Gasteiger charge is 2.38. The van der Waals surface area contributed by atoms with Crippen molar-refractivity contribution in [1.29, 1.82) is 0 Å². The molecule has 0 amide bonds. The summed E-state index contributed by atoms with van der Waals surface area (Å²) in [7, 11) is 0. The van der Waals surface area contributed by atoms with Crippen LogP contribution >= 0.6 is 15.9 Å². The van der Waals surface area contributed by atoms with Crippen LogP contribution in [0.4, 0.5) is 0 Å². The molecule has 0 radical (unpaired) electrons. The number of nitrogens with zero attached hydrogens (tertiary/aromatic N) is 1. The van der Waals surface area contributed by atoms with Gasteiger partial charge in [0.05, 0.1) is 0 Å². The molecule has 2 heteroatoms. The van der Waals surface area contributed by atoms with Gasteiger partial charge in [-0.25, -0.2) is 0 Å². The third kappa shape index (κ3) is 3.01. The van der Waals surface area contributed by atoms with Gasteiger partial charge < -0.3 is 4.90 Å². The lowest BCUT2D eigenvalue weighted by atomic mass is 9.70. The topological polar surface area (TPSA) is 3.24 Å². The molecule has 1 saturated heterocycles. The predicted molar refractivity (Wildman–Crippen MR) is 74.2 cm³/mol. The van der Waals surface area contributed by atoms with E-state index in [9.17, 15) is 0 Å². The molecule has 0 aromatic carbocycles. The summed E-state index contributed by atoms with van der Waals surface area (Å²) in [5.41, 5.74) is 1.21. The Balaban J connectivity index is 1.86. The van der Waals surface area contributed by atoms with E-state index < -0.39 is 0 Å². The number of halogens is 1. The Labute approximate surface area is 109 Å². The van der Waals surface area contributed by atoms with E-state index in [2.05, 4.69) is 34.7 Å². The molecule has 1 aliphatic carbocycles. The average Bonchev–Trinajstić information content (AvgIpc) is 2.34. The Morgan fingerprint density at radius 3 is 2.31 bits per heavy atom. The maximum absolute atomic E-state index is 3.73. The summed E-state index contributed by atoms with van der Waals surface area (Å²) in [6.07, 6.45) is 8.52. The number of alkyl halides is 1. The first kappa shape index (κ1) is 12.9. The van der Waals surface area contributed by atoms with E-state index in [0.29, 0.717) is 10.8 Å². The van der Waals surface area contributed by atoms with E-state index in [1.807, 2.05) is 0 Å². The number of rotatable bonds is 3. The second kappa shape index (κ2) is 4.97. The predicted octanol–water partition coefficient (Wildman–Crippen LogP) is 4.06. The first-order valence-corrected chi connectivity index (χ1v) is 7.96. The molecular formula is C14H26BrN. The summed E-state index contributed by atoms with van der Waals surface area (Å²) in [5, 5.41) is 1.21. The molecular weight excluding hydrogens is 262 g/mol. The first-order valence-electron chi connectivity index (χ1n) is 6.84. The van der Waals surface area contributed by atoms with Gasteiger partial charge in [-0.2, -0.15) is 0 Å². The standard InChI is InChI=1S/C14H26BrN/c1-13(2)5-4-9-16(10-8-13)12-14(11-15)6-3-7-14/h3-12H2,1-2H3. The van der Waals surface area contributed by atoms with Gasteiger partial charge in [0.15, 0.2) is 0 Å². The van der Waals surface area contributed by atoms with Crippen LogP contribution in [0.5, 0.6) is 0 Å². The normalized spacial score (nSPS) is 29.4. The van der Waals surface area contributed by atoms with Crippen LogP contribution in [0.2, 0.25) is 0 Å². The van der Waals surface area contributed by atoms with E-state index in [1.165, 1.54) is 63.5 Å². The fourth-order valence-electron chi connectivity index (χ4n) is 3.12. The lowest BCUT2D eigenvalue weighted by Crippen LogP contribution is -2.44. The zero-order chi connectivity index (χ0) is 11.6. The summed E-state index contributed by atoms with van der Waals surface area (Å²) < 4.78 is 0. The Kier molecular flexibility index (Phi) is 4.01. The van der Waals surface area contributed by atoms with Gasteiger partial charge in [-0.05, 0) is 56.0 Å². The summed E-state index contributed by atoms with van der Waals surface area (Å²) in [5.74, 6) is 0. The highest BCUT2D eigenvalue weighted by molar-refractivity contribution is 9.09. The van der Waals surface area contributed by atoms with Crippen LogP contribution in [0, 0.1) is 10.8 Å². The third-order valence-corrected chi connectivity index (χ3v) is 5.88. The molecule has 1 aliphatic heterocycles. The van der Waals surface area contributed by atoms with E-state index in [0.717, 1.165) is 0 Å². The van der Waals surface area contributed by atoms with Gasteiger partial charge in [0.2, 0.25) is 0 Å². The van der Waals surface area contributed by atoms with Crippen molar-refractivity contribution in [3.63, 3.8) is 0 Å². The first-order chi connectivity index (χ1) is 7.55. The maximum Gasteiger partial charge on any atom is 0.0100 e. The van der Waals surface area contributed by atoms with Crippen LogP contribution in [0.15, 0.2) is 0 Å². The molecule has 2 aliphatic rings. The molecule has 0 N–H and O–H groups in total. The monoisotopic (exact) mass is 287 g/mol. The highest BCUT2D eigenvalue weighted by atomic mass is 79.9.